The van der Waals surface area contributed by atoms with Crippen LogP contribution in [0, 0.1) is 10.1 Å². The number of amides is 2. The van der Waals surface area contributed by atoms with Gasteiger partial charge in [-0.1, -0.05) is 18.2 Å². The Morgan fingerprint density at radius 1 is 1.45 bits per heavy atom. The number of hydrogen-bond acceptors (Lipinski definition) is 5. The number of nitrogens with two attached hydrogens (primary N) is 1. The number of carbonyl (C=O) groups is 2. The molecule has 8 heteroatoms. The van der Waals surface area contributed by atoms with Gasteiger partial charge < -0.3 is 15.8 Å². The molecular formula is C14H17N3O5. The molecule has 1 aromatic carbocycles. The molecule has 0 aliphatic carbocycles. The van der Waals surface area contributed by atoms with Crippen LogP contribution in [0.3, 0.4) is 0 Å². The molecule has 1 aliphatic heterocycles. The zero-order chi connectivity index (χ0) is 16.1. The van der Waals surface area contributed by atoms with Gasteiger partial charge in [-0.3, -0.25) is 19.7 Å². The Morgan fingerprint density at radius 2 is 2.18 bits per heavy atom. The van der Waals surface area contributed by atoms with Crippen molar-refractivity contribution in [3.8, 4) is 0 Å². The van der Waals surface area contributed by atoms with Crippen molar-refractivity contribution in [2.24, 2.45) is 5.73 Å². The molecule has 0 radical (unpaired) electrons. The fourth-order valence-electron chi connectivity index (χ4n) is 2.35. The summed E-state index contributed by atoms with van der Waals surface area (Å²) < 4.78 is 5.24. The van der Waals surface area contributed by atoms with Crippen LogP contribution in [-0.4, -0.2) is 35.5 Å². The summed E-state index contributed by atoms with van der Waals surface area (Å²) in [5.74, 6) is -1.16. The van der Waals surface area contributed by atoms with Gasteiger partial charge in [0.1, 0.15) is 12.1 Å². The molecule has 1 heterocycles. The highest BCUT2D eigenvalue weighted by Crippen LogP contribution is 2.19. The number of nitro groups is 1. The SMILES string of the molecule is NC(=O)[C@H](Cc1ccccc1[N+](=O)[O-])NC(=O)[C@@H]1CCCO1. The predicted molar refractivity (Wildman–Crippen MR) is 76.9 cm³/mol. The zero-order valence-corrected chi connectivity index (χ0v) is 11.9. The minimum Gasteiger partial charge on any atom is -0.368 e. The Hall–Kier alpha value is -2.48. The number of hydrogen-bond donors (Lipinski definition) is 2. The highest BCUT2D eigenvalue weighted by Gasteiger charge is 2.28. The Bertz CT molecular complexity index is 584. The maximum Gasteiger partial charge on any atom is 0.272 e. The number of nitro benzene ring substituents is 1. The van der Waals surface area contributed by atoms with Crippen molar-refractivity contribution in [3.63, 3.8) is 0 Å². The van der Waals surface area contributed by atoms with E-state index in [1.807, 2.05) is 0 Å². The zero-order valence-electron chi connectivity index (χ0n) is 11.9. The summed E-state index contributed by atoms with van der Waals surface area (Å²) in [7, 11) is 0. The quantitative estimate of drug-likeness (QED) is 0.577. The first-order valence-electron chi connectivity index (χ1n) is 6.92. The third-order valence-electron chi connectivity index (χ3n) is 3.49. The summed E-state index contributed by atoms with van der Waals surface area (Å²) in [4.78, 5) is 34.0. The van der Waals surface area contributed by atoms with Gasteiger partial charge in [0.25, 0.3) is 5.69 Å². The van der Waals surface area contributed by atoms with Crippen molar-refractivity contribution in [1.82, 2.24) is 5.32 Å². The van der Waals surface area contributed by atoms with Crippen LogP contribution in [0.2, 0.25) is 0 Å². The van der Waals surface area contributed by atoms with Crippen molar-refractivity contribution >= 4 is 17.5 Å². The van der Waals surface area contributed by atoms with Gasteiger partial charge in [-0.15, -0.1) is 0 Å². The van der Waals surface area contributed by atoms with Gasteiger partial charge in [-0.05, 0) is 12.8 Å². The maximum atomic E-state index is 12.0. The number of carbonyl (C=O) groups excluding carboxylic acids is 2. The lowest BCUT2D eigenvalue weighted by atomic mass is 10.0. The molecule has 2 rings (SSSR count). The Balaban J connectivity index is 2.10. The predicted octanol–water partition coefficient (Wildman–Crippen LogP) is 0.286. The summed E-state index contributed by atoms with van der Waals surface area (Å²) >= 11 is 0. The Morgan fingerprint density at radius 3 is 2.77 bits per heavy atom. The number of nitrogens with one attached hydrogen (secondary N) is 1. The molecule has 0 unspecified atom stereocenters. The van der Waals surface area contributed by atoms with Gasteiger partial charge in [0, 0.05) is 24.7 Å². The van der Waals surface area contributed by atoms with Crippen LogP contribution in [0.25, 0.3) is 0 Å². The number of para-hydroxylation sites is 1. The van der Waals surface area contributed by atoms with E-state index in [1.54, 1.807) is 6.07 Å². The lowest BCUT2D eigenvalue weighted by Crippen LogP contribution is -2.49. The summed E-state index contributed by atoms with van der Waals surface area (Å²) in [6.07, 6.45) is 0.740. The molecule has 1 saturated heterocycles. The number of ether oxygens (including phenoxy) is 1. The van der Waals surface area contributed by atoms with E-state index < -0.39 is 28.9 Å². The fourth-order valence-corrected chi connectivity index (χ4v) is 2.35. The van der Waals surface area contributed by atoms with Crippen molar-refractivity contribution in [2.45, 2.75) is 31.4 Å². The molecule has 0 saturated carbocycles. The number of primary amides is 1. The van der Waals surface area contributed by atoms with E-state index in [9.17, 15) is 19.7 Å². The first-order chi connectivity index (χ1) is 10.5. The van der Waals surface area contributed by atoms with Crippen LogP contribution in [0.1, 0.15) is 18.4 Å². The number of benzene rings is 1. The minimum atomic E-state index is -1.02. The van der Waals surface area contributed by atoms with Gasteiger partial charge in [0.2, 0.25) is 11.8 Å². The highest BCUT2D eigenvalue weighted by atomic mass is 16.6. The highest BCUT2D eigenvalue weighted by molar-refractivity contribution is 5.88. The van der Waals surface area contributed by atoms with Gasteiger partial charge in [-0.2, -0.15) is 0 Å². The molecule has 2 amide bonds. The molecule has 118 valence electrons. The Labute approximate surface area is 126 Å². The van der Waals surface area contributed by atoms with E-state index >= 15 is 0 Å². The monoisotopic (exact) mass is 307 g/mol. The average molecular weight is 307 g/mol. The van der Waals surface area contributed by atoms with E-state index in [4.69, 9.17) is 10.5 Å². The molecule has 1 fully saturated rings. The van der Waals surface area contributed by atoms with E-state index in [1.165, 1.54) is 18.2 Å². The topological polar surface area (TPSA) is 125 Å². The summed E-state index contributed by atoms with van der Waals surface area (Å²) in [6.45, 7) is 0.503. The minimum absolute atomic E-state index is 0.0368. The number of nitrogens with zero attached hydrogens (tertiary/aromatic N) is 1. The molecule has 1 aromatic rings. The van der Waals surface area contributed by atoms with E-state index in [0.717, 1.165) is 6.42 Å². The standard InChI is InChI=1S/C14H17N3O5/c15-13(18)10(16-14(19)12-6-3-7-22-12)8-9-4-1-2-5-11(9)17(20)21/h1-2,4-5,10,12H,3,6-8H2,(H2,15,18)(H,16,19)/t10-,12-/m0/s1. The largest absolute Gasteiger partial charge is 0.368 e. The molecule has 0 spiro atoms. The van der Waals surface area contributed by atoms with E-state index in [0.29, 0.717) is 18.6 Å². The average Bonchev–Trinajstić information content (AvgIpc) is 3.01. The van der Waals surface area contributed by atoms with Gasteiger partial charge >= 0.3 is 0 Å². The van der Waals surface area contributed by atoms with Crippen molar-refractivity contribution in [2.75, 3.05) is 6.61 Å². The van der Waals surface area contributed by atoms with Crippen molar-refractivity contribution in [3.05, 3.63) is 39.9 Å². The molecule has 3 N–H and O–H groups in total. The molecule has 8 nitrogen and oxygen atoms in total. The summed E-state index contributed by atoms with van der Waals surface area (Å²) in [6, 6.07) is 5.02. The van der Waals surface area contributed by atoms with Crippen LogP contribution >= 0.6 is 0 Å². The maximum absolute atomic E-state index is 12.0. The third-order valence-corrected chi connectivity index (χ3v) is 3.49. The van der Waals surface area contributed by atoms with Crippen molar-refractivity contribution < 1.29 is 19.2 Å². The number of rotatable bonds is 6. The fraction of sp³-hybridized carbons (Fsp3) is 0.429. The smallest absolute Gasteiger partial charge is 0.272 e. The van der Waals surface area contributed by atoms with Crippen LogP contribution in [0.5, 0.6) is 0 Å². The normalized spacial score (nSPS) is 18.6. The van der Waals surface area contributed by atoms with Gasteiger partial charge in [-0.25, -0.2) is 0 Å². The second-order valence-corrected chi connectivity index (χ2v) is 5.06. The molecule has 22 heavy (non-hydrogen) atoms. The first kappa shape index (κ1) is 15.9. The Kier molecular flexibility index (Phi) is 5.05. The molecule has 0 bridgehead atoms. The van der Waals surface area contributed by atoms with Crippen LogP contribution in [-0.2, 0) is 20.7 Å². The van der Waals surface area contributed by atoms with Crippen LogP contribution in [0.4, 0.5) is 5.69 Å². The lowest BCUT2D eigenvalue weighted by Gasteiger charge is -2.18. The van der Waals surface area contributed by atoms with Gasteiger partial charge in [0.05, 0.1) is 4.92 Å². The molecular weight excluding hydrogens is 290 g/mol. The molecule has 1 aliphatic rings. The first-order valence-corrected chi connectivity index (χ1v) is 6.92. The second kappa shape index (κ2) is 6.99. The molecule has 0 aromatic heterocycles. The van der Waals surface area contributed by atoms with Crippen LogP contribution in [0.15, 0.2) is 24.3 Å². The van der Waals surface area contributed by atoms with E-state index in [2.05, 4.69) is 5.32 Å². The van der Waals surface area contributed by atoms with Crippen molar-refractivity contribution in [1.29, 1.82) is 0 Å². The second-order valence-electron chi connectivity index (χ2n) is 5.06. The van der Waals surface area contributed by atoms with E-state index in [-0.39, 0.29) is 12.1 Å². The molecule has 2 atom stereocenters. The van der Waals surface area contributed by atoms with Crippen LogP contribution < -0.4 is 11.1 Å². The summed E-state index contributed by atoms with van der Waals surface area (Å²) in [5, 5.41) is 13.5. The summed E-state index contributed by atoms with van der Waals surface area (Å²) in [5.41, 5.74) is 5.52. The van der Waals surface area contributed by atoms with Gasteiger partial charge in [0.15, 0.2) is 0 Å². The third kappa shape index (κ3) is 3.79. The lowest BCUT2D eigenvalue weighted by molar-refractivity contribution is -0.385.